The molecule has 27 heavy (non-hydrogen) atoms. The first-order valence-corrected chi connectivity index (χ1v) is 8.49. The van der Waals surface area contributed by atoms with Gasteiger partial charge in [0.05, 0.1) is 18.0 Å². The van der Waals surface area contributed by atoms with Crippen LogP contribution in [0.1, 0.15) is 10.4 Å². The second kappa shape index (κ2) is 6.61. The standard InChI is InChI=1S/C22H18N2O3/c1-24-14-8-10-18-20(12-14)27-19-11-13(23)7-9-17(19)21(18)15-5-3-4-6-16(15)22(25)26-2/h3-12H,23H2,1-2H3/b24-14-. The van der Waals surface area contributed by atoms with Crippen molar-refractivity contribution in [1.29, 1.82) is 0 Å². The Kier molecular flexibility index (Phi) is 4.12. The number of hydrogen-bond donors (Lipinski definition) is 1. The van der Waals surface area contributed by atoms with E-state index in [0.717, 1.165) is 27.4 Å². The molecule has 5 heteroatoms. The second-order valence-corrected chi connectivity index (χ2v) is 6.17. The fourth-order valence-electron chi connectivity index (χ4n) is 3.31. The Hall–Kier alpha value is -3.60. The highest BCUT2D eigenvalue weighted by atomic mass is 16.5. The fourth-order valence-corrected chi connectivity index (χ4v) is 3.31. The number of fused-ring (bicyclic) bond motifs is 2. The summed E-state index contributed by atoms with van der Waals surface area (Å²) in [5.41, 5.74) is 10.3. The maximum Gasteiger partial charge on any atom is 0.338 e. The average Bonchev–Trinajstić information content (AvgIpc) is 2.70. The predicted molar refractivity (Wildman–Crippen MR) is 106 cm³/mol. The van der Waals surface area contributed by atoms with E-state index >= 15 is 0 Å². The van der Waals surface area contributed by atoms with Gasteiger partial charge in [-0.1, -0.05) is 18.2 Å². The summed E-state index contributed by atoms with van der Waals surface area (Å²) < 4.78 is 11.1. The van der Waals surface area contributed by atoms with Crippen molar-refractivity contribution in [2.75, 3.05) is 19.9 Å². The Morgan fingerprint density at radius 1 is 1.04 bits per heavy atom. The van der Waals surface area contributed by atoms with Crippen LogP contribution in [0.4, 0.5) is 5.69 Å². The molecule has 0 fully saturated rings. The molecule has 4 rings (SSSR count). The first kappa shape index (κ1) is 16.8. The highest BCUT2D eigenvalue weighted by Gasteiger charge is 2.21. The van der Waals surface area contributed by atoms with E-state index < -0.39 is 0 Å². The molecule has 2 N–H and O–H groups in total. The highest BCUT2D eigenvalue weighted by Crippen LogP contribution is 2.41. The first-order valence-electron chi connectivity index (χ1n) is 8.49. The van der Waals surface area contributed by atoms with Gasteiger partial charge >= 0.3 is 5.97 Å². The van der Waals surface area contributed by atoms with Crippen LogP contribution in [0.15, 0.2) is 70.1 Å². The zero-order valence-corrected chi connectivity index (χ0v) is 15.0. The van der Waals surface area contributed by atoms with Gasteiger partial charge in [-0.2, -0.15) is 0 Å². The van der Waals surface area contributed by atoms with E-state index in [0.29, 0.717) is 22.6 Å². The third-order valence-electron chi connectivity index (χ3n) is 4.59. The van der Waals surface area contributed by atoms with Crippen molar-refractivity contribution in [3.63, 3.8) is 0 Å². The van der Waals surface area contributed by atoms with E-state index in [1.165, 1.54) is 7.11 Å². The Bertz CT molecular complexity index is 1210. The van der Waals surface area contributed by atoms with Gasteiger partial charge in [0.25, 0.3) is 0 Å². The number of nitrogens with two attached hydrogens (primary N) is 1. The molecule has 1 aliphatic heterocycles. The van der Waals surface area contributed by atoms with Crippen LogP contribution < -0.4 is 11.1 Å². The minimum Gasteiger partial charge on any atom is -0.465 e. The molecule has 0 bridgehead atoms. The van der Waals surface area contributed by atoms with Crippen molar-refractivity contribution in [2.45, 2.75) is 0 Å². The van der Waals surface area contributed by atoms with Gasteiger partial charge < -0.3 is 14.9 Å². The molecule has 2 aliphatic rings. The minimum atomic E-state index is -0.386. The van der Waals surface area contributed by atoms with E-state index in [9.17, 15) is 4.79 Å². The van der Waals surface area contributed by atoms with Crippen molar-refractivity contribution in [3.05, 3.63) is 71.6 Å². The van der Waals surface area contributed by atoms with E-state index in [1.807, 2.05) is 48.5 Å². The van der Waals surface area contributed by atoms with Crippen molar-refractivity contribution in [3.8, 4) is 22.5 Å². The molecule has 2 aromatic rings. The molecule has 0 amide bonds. The Balaban J connectivity index is 2.18. The molecule has 1 aliphatic carbocycles. The van der Waals surface area contributed by atoms with Crippen molar-refractivity contribution in [2.24, 2.45) is 4.99 Å². The van der Waals surface area contributed by atoms with Crippen LogP contribution in [0, 0.1) is 0 Å². The number of methoxy groups -OCH3 is 1. The normalized spacial score (nSPS) is 11.9. The van der Waals surface area contributed by atoms with E-state index in [2.05, 4.69) is 4.99 Å². The summed E-state index contributed by atoms with van der Waals surface area (Å²) in [5.74, 6) is 0.286. The molecule has 0 unspecified atom stereocenters. The summed E-state index contributed by atoms with van der Waals surface area (Å²) in [6.45, 7) is 0. The number of esters is 1. The highest BCUT2D eigenvalue weighted by molar-refractivity contribution is 6.08. The largest absolute Gasteiger partial charge is 0.465 e. The van der Waals surface area contributed by atoms with Crippen LogP contribution in [0.25, 0.3) is 33.4 Å². The van der Waals surface area contributed by atoms with Gasteiger partial charge in [0.1, 0.15) is 11.3 Å². The summed E-state index contributed by atoms with van der Waals surface area (Å²) in [5, 5.41) is 1.68. The molecule has 2 aromatic carbocycles. The smallest absolute Gasteiger partial charge is 0.338 e. The average molecular weight is 358 g/mol. The number of anilines is 1. The number of nitrogens with zero attached hydrogens (tertiary/aromatic N) is 1. The minimum absolute atomic E-state index is 0.386. The molecule has 0 aromatic heterocycles. The molecule has 0 radical (unpaired) electrons. The molecule has 0 atom stereocenters. The van der Waals surface area contributed by atoms with Crippen LogP contribution in [0.5, 0.6) is 0 Å². The lowest BCUT2D eigenvalue weighted by Gasteiger charge is -2.17. The monoisotopic (exact) mass is 358 g/mol. The van der Waals surface area contributed by atoms with Gasteiger partial charge in [-0.05, 0) is 35.9 Å². The summed E-state index contributed by atoms with van der Waals surface area (Å²) >= 11 is 0. The van der Waals surface area contributed by atoms with Crippen LogP contribution >= 0.6 is 0 Å². The topological polar surface area (TPSA) is 77.8 Å². The van der Waals surface area contributed by atoms with Crippen molar-refractivity contribution in [1.82, 2.24) is 0 Å². The van der Waals surface area contributed by atoms with Gasteiger partial charge in [-0.25, -0.2) is 4.79 Å². The summed E-state index contributed by atoms with van der Waals surface area (Å²) in [6, 6.07) is 18.7. The Morgan fingerprint density at radius 2 is 1.85 bits per heavy atom. The quantitative estimate of drug-likeness (QED) is 0.332. The molecule has 5 nitrogen and oxygen atoms in total. The maximum absolute atomic E-state index is 12.4. The van der Waals surface area contributed by atoms with Gasteiger partial charge in [-0.3, -0.25) is 4.99 Å². The number of ether oxygens (including phenoxy) is 1. The Labute approximate surface area is 156 Å². The number of hydrogen-bond acceptors (Lipinski definition) is 5. The third kappa shape index (κ3) is 2.83. The molecule has 0 saturated heterocycles. The van der Waals surface area contributed by atoms with E-state index in [-0.39, 0.29) is 5.97 Å². The van der Waals surface area contributed by atoms with E-state index in [1.54, 1.807) is 19.2 Å². The van der Waals surface area contributed by atoms with Crippen LogP contribution in [0.2, 0.25) is 0 Å². The van der Waals surface area contributed by atoms with Crippen LogP contribution in [-0.2, 0) is 4.74 Å². The molecule has 0 saturated carbocycles. The summed E-state index contributed by atoms with van der Waals surface area (Å²) in [7, 11) is 3.11. The molecule has 0 spiro atoms. The fraction of sp³-hybridized carbons (Fsp3) is 0.0909. The first-order chi connectivity index (χ1) is 13.1. The lowest BCUT2D eigenvalue weighted by atomic mass is 9.90. The molecule has 1 heterocycles. The number of benzene rings is 3. The molecule has 134 valence electrons. The number of carbonyl (C=O) groups excluding carboxylic acids is 1. The van der Waals surface area contributed by atoms with Gasteiger partial charge in [0, 0.05) is 41.4 Å². The van der Waals surface area contributed by atoms with Crippen molar-refractivity contribution < 1.29 is 13.9 Å². The third-order valence-corrected chi connectivity index (χ3v) is 4.59. The number of rotatable bonds is 2. The zero-order valence-electron chi connectivity index (χ0n) is 15.0. The van der Waals surface area contributed by atoms with Gasteiger partial charge in [0.2, 0.25) is 0 Å². The van der Waals surface area contributed by atoms with Gasteiger partial charge in [0.15, 0.2) is 0 Å². The van der Waals surface area contributed by atoms with Crippen molar-refractivity contribution >= 4 is 22.6 Å². The SMILES string of the molecule is C/N=c1/ccc2c(-c3ccccc3C(=O)OC)c3ccc(N)cc3oc-2c1. The van der Waals surface area contributed by atoms with Crippen LogP contribution in [-0.4, -0.2) is 20.1 Å². The molecular weight excluding hydrogens is 340 g/mol. The Morgan fingerprint density at radius 3 is 2.63 bits per heavy atom. The maximum atomic E-state index is 12.4. The summed E-state index contributed by atoms with van der Waals surface area (Å²) in [6.07, 6.45) is 0. The predicted octanol–water partition coefficient (Wildman–Crippen LogP) is 4.10. The van der Waals surface area contributed by atoms with E-state index in [4.69, 9.17) is 14.9 Å². The summed E-state index contributed by atoms with van der Waals surface area (Å²) in [4.78, 5) is 16.6. The zero-order chi connectivity index (χ0) is 19.0. The molecular formula is C22H18N2O3. The number of carbonyl (C=O) groups is 1. The van der Waals surface area contributed by atoms with Crippen LogP contribution in [0.3, 0.4) is 0 Å². The number of nitrogen functional groups attached to an aromatic ring is 1. The van der Waals surface area contributed by atoms with Gasteiger partial charge in [-0.15, -0.1) is 0 Å². The lowest BCUT2D eigenvalue weighted by molar-refractivity contribution is 0.0601. The lowest BCUT2D eigenvalue weighted by Crippen LogP contribution is -2.06. The second-order valence-electron chi connectivity index (χ2n) is 6.17.